The van der Waals surface area contributed by atoms with Crippen LogP contribution in [0.1, 0.15) is 16.1 Å². The van der Waals surface area contributed by atoms with Gasteiger partial charge in [0.05, 0.1) is 13.1 Å². The van der Waals surface area contributed by atoms with Crippen molar-refractivity contribution in [3.63, 3.8) is 0 Å². The molecule has 0 aliphatic rings. The van der Waals surface area contributed by atoms with Crippen molar-refractivity contribution in [3.8, 4) is 17.0 Å². The Kier molecular flexibility index (Phi) is 3.10. The molecular weight excluding hydrogens is 230 g/mol. The van der Waals surface area contributed by atoms with Crippen molar-refractivity contribution >= 4 is 5.97 Å². The van der Waals surface area contributed by atoms with Crippen molar-refractivity contribution in [2.45, 2.75) is 6.92 Å². The maximum atomic E-state index is 11.0. The molecule has 0 aliphatic heterocycles. The number of carboxylic acids is 1. The first-order valence-corrected chi connectivity index (χ1v) is 5.56. The molecule has 0 aliphatic carbocycles. The zero-order valence-electron chi connectivity index (χ0n) is 10.6. The zero-order valence-corrected chi connectivity index (χ0v) is 10.6. The van der Waals surface area contributed by atoms with Crippen LogP contribution >= 0.6 is 0 Å². The minimum atomic E-state index is -1.15. The fraction of sp³-hybridized carbons (Fsp3) is 0.214. The van der Waals surface area contributed by atoms with E-state index in [2.05, 4.69) is 0 Å². The molecule has 4 nitrogen and oxygen atoms in total. The van der Waals surface area contributed by atoms with E-state index in [0.717, 1.165) is 17.0 Å². The molecule has 1 aromatic carbocycles. The van der Waals surface area contributed by atoms with Gasteiger partial charge in [0.2, 0.25) is 0 Å². The van der Waals surface area contributed by atoms with E-state index >= 15 is 0 Å². The van der Waals surface area contributed by atoms with Crippen LogP contribution in [0.4, 0.5) is 0 Å². The minimum Gasteiger partial charge on any atom is -0.545 e. The highest BCUT2D eigenvalue weighted by Crippen LogP contribution is 2.26. The van der Waals surface area contributed by atoms with E-state index < -0.39 is 5.97 Å². The van der Waals surface area contributed by atoms with Gasteiger partial charge in [-0.3, -0.25) is 0 Å². The van der Waals surface area contributed by atoms with E-state index in [-0.39, 0.29) is 5.56 Å². The Morgan fingerprint density at radius 1 is 1.28 bits per heavy atom. The second-order valence-corrected chi connectivity index (χ2v) is 4.10. The van der Waals surface area contributed by atoms with Gasteiger partial charge in [0.25, 0.3) is 0 Å². The second-order valence-electron chi connectivity index (χ2n) is 4.10. The third-order valence-electron chi connectivity index (χ3n) is 3.14. The number of benzene rings is 1. The summed E-state index contributed by atoms with van der Waals surface area (Å²) in [6, 6.07) is 9.11. The molecule has 0 unspecified atom stereocenters. The van der Waals surface area contributed by atoms with Gasteiger partial charge in [-0.1, -0.05) is 0 Å². The number of aromatic carboxylic acids is 1. The lowest BCUT2D eigenvalue weighted by Gasteiger charge is -2.06. The van der Waals surface area contributed by atoms with Gasteiger partial charge in [0.15, 0.2) is 0 Å². The van der Waals surface area contributed by atoms with Gasteiger partial charge in [0, 0.05) is 24.0 Å². The number of hydrogen-bond donors (Lipinski definition) is 0. The monoisotopic (exact) mass is 244 g/mol. The predicted octanol–water partition coefficient (Wildman–Crippen LogP) is 1.37. The van der Waals surface area contributed by atoms with E-state index in [1.807, 2.05) is 35.9 Å². The number of hydrogen-bond acceptors (Lipinski definition) is 3. The number of rotatable bonds is 3. The zero-order chi connectivity index (χ0) is 13.3. The van der Waals surface area contributed by atoms with Gasteiger partial charge in [-0.05, 0) is 42.8 Å². The van der Waals surface area contributed by atoms with Gasteiger partial charge in [-0.15, -0.1) is 0 Å². The quantitative estimate of drug-likeness (QED) is 0.819. The number of methoxy groups -OCH3 is 1. The molecule has 0 saturated heterocycles. The molecule has 18 heavy (non-hydrogen) atoms. The first-order valence-electron chi connectivity index (χ1n) is 5.56. The maximum Gasteiger partial charge on any atom is 0.118 e. The van der Waals surface area contributed by atoms with Crippen LogP contribution in [0.25, 0.3) is 11.3 Å². The van der Waals surface area contributed by atoms with Crippen molar-refractivity contribution in [3.05, 3.63) is 41.6 Å². The molecule has 0 radical (unpaired) electrons. The summed E-state index contributed by atoms with van der Waals surface area (Å²) in [5.41, 5.74) is 2.69. The molecule has 2 rings (SSSR count). The third-order valence-corrected chi connectivity index (χ3v) is 3.14. The number of ether oxygens (including phenoxy) is 1. The Balaban J connectivity index is 2.50. The standard InChI is InChI=1S/C14H15NO3/c1-9-12(14(16)17)8-13(15(9)2)10-4-6-11(18-3)7-5-10/h4-8H,1-3H3,(H,16,17)/p-1. The van der Waals surface area contributed by atoms with E-state index in [1.54, 1.807) is 20.1 Å². The summed E-state index contributed by atoms with van der Waals surface area (Å²) >= 11 is 0. The smallest absolute Gasteiger partial charge is 0.118 e. The first-order chi connectivity index (χ1) is 8.54. The summed E-state index contributed by atoms with van der Waals surface area (Å²) in [6.45, 7) is 1.76. The van der Waals surface area contributed by atoms with Crippen LogP contribution in [0.5, 0.6) is 5.75 Å². The molecule has 0 amide bonds. The summed E-state index contributed by atoms with van der Waals surface area (Å²) in [5.74, 6) is -0.382. The number of carbonyl (C=O) groups excluding carboxylic acids is 1. The molecular formula is C14H14NO3-. The third kappa shape index (κ3) is 1.97. The van der Waals surface area contributed by atoms with E-state index in [0.29, 0.717) is 5.69 Å². The van der Waals surface area contributed by atoms with Gasteiger partial charge in [-0.2, -0.15) is 0 Å². The van der Waals surface area contributed by atoms with E-state index in [4.69, 9.17) is 4.74 Å². The Morgan fingerprint density at radius 2 is 1.89 bits per heavy atom. The van der Waals surface area contributed by atoms with Crippen molar-refractivity contribution in [2.24, 2.45) is 7.05 Å². The fourth-order valence-electron chi connectivity index (χ4n) is 1.94. The summed E-state index contributed by atoms with van der Waals surface area (Å²) in [4.78, 5) is 11.0. The number of aromatic nitrogens is 1. The molecule has 0 spiro atoms. The van der Waals surface area contributed by atoms with Gasteiger partial charge < -0.3 is 19.2 Å². The van der Waals surface area contributed by atoms with Crippen LogP contribution in [0.15, 0.2) is 30.3 Å². The van der Waals surface area contributed by atoms with Gasteiger partial charge >= 0.3 is 0 Å². The van der Waals surface area contributed by atoms with Gasteiger partial charge in [0.1, 0.15) is 5.75 Å². The van der Waals surface area contributed by atoms with Crippen LogP contribution in [-0.4, -0.2) is 17.6 Å². The molecule has 0 atom stereocenters. The van der Waals surface area contributed by atoms with Crippen LogP contribution in [0.3, 0.4) is 0 Å². The predicted molar refractivity (Wildman–Crippen MR) is 66.5 cm³/mol. The molecule has 0 fully saturated rings. The molecule has 4 heteroatoms. The maximum absolute atomic E-state index is 11.0. The molecule has 0 bridgehead atoms. The Labute approximate surface area is 105 Å². The summed E-state index contributed by atoms with van der Waals surface area (Å²) in [7, 11) is 3.44. The van der Waals surface area contributed by atoms with Crippen LogP contribution in [0.2, 0.25) is 0 Å². The van der Waals surface area contributed by atoms with E-state index in [1.165, 1.54) is 0 Å². The fourth-order valence-corrected chi connectivity index (χ4v) is 1.94. The highest BCUT2D eigenvalue weighted by atomic mass is 16.5. The van der Waals surface area contributed by atoms with Crippen molar-refractivity contribution in [2.75, 3.05) is 7.11 Å². The van der Waals surface area contributed by atoms with Gasteiger partial charge in [-0.25, -0.2) is 0 Å². The molecule has 94 valence electrons. The summed E-state index contributed by atoms with van der Waals surface area (Å²) < 4.78 is 6.93. The van der Waals surface area contributed by atoms with Crippen molar-refractivity contribution < 1.29 is 14.6 Å². The van der Waals surface area contributed by atoms with E-state index in [9.17, 15) is 9.90 Å². The summed E-state index contributed by atoms with van der Waals surface area (Å²) in [5, 5.41) is 11.0. The Hall–Kier alpha value is -2.23. The first kappa shape index (κ1) is 12.2. The molecule has 0 N–H and O–H groups in total. The lowest BCUT2D eigenvalue weighted by Crippen LogP contribution is -2.22. The molecule has 2 aromatic rings. The number of carboxylic acid groups (broad SMARTS) is 1. The van der Waals surface area contributed by atoms with Crippen LogP contribution < -0.4 is 9.84 Å². The number of nitrogens with zero attached hydrogens (tertiary/aromatic N) is 1. The second kappa shape index (κ2) is 4.56. The highest BCUT2D eigenvalue weighted by Gasteiger charge is 2.11. The lowest BCUT2D eigenvalue weighted by atomic mass is 10.1. The Morgan fingerprint density at radius 3 is 2.33 bits per heavy atom. The van der Waals surface area contributed by atoms with Crippen molar-refractivity contribution in [1.29, 1.82) is 0 Å². The minimum absolute atomic E-state index is 0.225. The van der Waals surface area contributed by atoms with Crippen molar-refractivity contribution in [1.82, 2.24) is 4.57 Å². The normalized spacial score (nSPS) is 10.4. The average Bonchev–Trinajstić information content (AvgIpc) is 2.67. The molecule has 1 heterocycles. The largest absolute Gasteiger partial charge is 0.545 e. The molecule has 1 aromatic heterocycles. The number of carbonyl (C=O) groups is 1. The lowest BCUT2D eigenvalue weighted by molar-refractivity contribution is -0.255. The van der Waals surface area contributed by atoms with Crippen LogP contribution in [-0.2, 0) is 7.05 Å². The molecule has 0 saturated carbocycles. The summed E-state index contributed by atoms with van der Waals surface area (Å²) in [6.07, 6.45) is 0. The Bertz CT molecular complexity index is 582. The topological polar surface area (TPSA) is 54.3 Å². The average molecular weight is 244 g/mol. The van der Waals surface area contributed by atoms with Crippen LogP contribution in [0, 0.1) is 6.92 Å². The SMILES string of the molecule is COc1ccc(-c2cc(C(=O)[O-])c(C)n2C)cc1. The highest BCUT2D eigenvalue weighted by molar-refractivity contribution is 5.89.